The van der Waals surface area contributed by atoms with Crippen molar-refractivity contribution in [2.24, 2.45) is 0 Å². The van der Waals surface area contributed by atoms with Crippen LogP contribution in [0.5, 0.6) is 0 Å². The highest BCUT2D eigenvalue weighted by atomic mass is 31.1. The lowest BCUT2D eigenvalue weighted by Crippen LogP contribution is -2.28. The average Bonchev–Trinajstić information content (AvgIpc) is 3.65. The van der Waals surface area contributed by atoms with Crippen LogP contribution < -0.4 is 10.6 Å². The fourth-order valence-electron chi connectivity index (χ4n) is 6.15. The predicted molar refractivity (Wildman–Crippen MR) is 167 cm³/mol. The summed E-state index contributed by atoms with van der Waals surface area (Å²) < 4.78 is 169. The topological polar surface area (TPSA) is 17.8 Å². The molecule has 15 heteroatoms. The van der Waals surface area contributed by atoms with Gasteiger partial charge in [0.1, 0.15) is 0 Å². The van der Waals surface area contributed by atoms with Crippen molar-refractivity contribution in [1.29, 1.82) is 0 Å². The second-order valence-corrected chi connectivity index (χ2v) is 14.4. The van der Waals surface area contributed by atoms with Crippen molar-refractivity contribution in [3.05, 3.63) is 124 Å². The first-order valence-electron chi connectivity index (χ1n) is 14.8. The van der Waals surface area contributed by atoms with E-state index in [0.717, 1.165) is 22.3 Å². The Bertz CT molecular complexity index is 1810. The second kappa shape index (κ2) is 12.9. The van der Waals surface area contributed by atoms with Crippen molar-refractivity contribution >= 4 is 18.5 Å². The normalized spacial score (nSPS) is 16.3. The highest BCUT2D eigenvalue weighted by molar-refractivity contribution is 7.74. The molecular weight excluding hydrogens is 707 g/mol. The smallest absolute Gasteiger partial charge is 0.265 e. The molecule has 4 aromatic rings. The van der Waals surface area contributed by atoms with E-state index >= 15 is 0 Å². The third-order valence-electron chi connectivity index (χ3n) is 8.32. The molecule has 0 spiro atoms. The monoisotopic (exact) mass is 734 g/mol. The molecule has 0 amide bonds. The number of aryl methyl sites for hydroxylation is 3. The molecule has 1 heterocycles. The molecular formula is C35H27F12N2P. The summed E-state index contributed by atoms with van der Waals surface area (Å²) in [6.07, 6.45) is -15.4. The van der Waals surface area contributed by atoms with E-state index in [-0.39, 0.29) is 12.1 Å². The number of halogens is 12. The lowest BCUT2D eigenvalue weighted by molar-refractivity contribution is -0.144. The average molecular weight is 735 g/mol. The zero-order chi connectivity index (χ0) is 37.1. The van der Waals surface area contributed by atoms with Crippen LogP contribution in [-0.2, 0) is 24.7 Å². The molecule has 50 heavy (non-hydrogen) atoms. The molecule has 0 saturated carbocycles. The van der Waals surface area contributed by atoms with Crippen LogP contribution in [0.1, 0.15) is 51.9 Å². The fourth-order valence-corrected chi connectivity index (χ4v) is 9.08. The largest absolute Gasteiger partial charge is 0.416 e. The molecule has 0 aliphatic heterocycles. The Morgan fingerprint density at radius 3 is 1.46 bits per heavy atom. The van der Waals surface area contributed by atoms with E-state index in [4.69, 9.17) is 0 Å². The van der Waals surface area contributed by atoms with Crippen LogP contribution in [0.2, 0.25) is 0 Å². The summed E-state index contributed by atoms with van der Waals surface area (Å²) in [6, 6.07) is 5.97. The van der Waals surface area contributed by atoms with Gasteiger partial charge in [0.25, 0.3) is 0 Å². The molecule has 266 valence electrons. The molecule has 0 saturated heterocycles. The first-order valence-corrected chi connectivity index (χ1v) is 16.3. The van der Waals surface area contributed by atoms with Crippen LogP contribution in [0.4, 0.5) is 52.7 Å². The highest BCUT2D eigenvalue weighted by Gasteiger charge is 2.42. The number of alkyl halides is 12. The van der Waals surface area contributed by atoms with Crippen LogP contribution in [0, 0.1) is 20.8 Å². The maximum Gasteiger partial charge on any atom is 0.416 e. The van der Waals surface area contributed by atoms with Crippen molar-refractivity contribution < 1.29 is 52.7 Å². The van der Waals surface area contributed by atoms with E-state index < -0.39 is 77.2 Å². The van der Waals surface area contributed by atoms with Crippen LogP contribution in [0.25, 0.3) is 11.3 Å². The van der Waals surface area contributed by atoms with Gasteiger partial charge >= 0.3 is 24.7 Å². The van der Waals surface area contributed by atoms with Gasteiger partial charge in [0.2, 0.25) is 0 Å². The van der Waals surface area contributed by atoms with Crippen LogP contribution in [0.3, 0.4) is 0 Å². The van der Waals surface area contributed by atoms with Gasteiger partial charge in [-0.3, -0.25) is 4.68 Å². The Hall–Kier alpha value is -4.06. The summed E-state index contributed by atoms with van der Waals surface area (Å²) in [5.41, 5.74) is -3.69. The summed E-state index contributed by atoms with van der Waals surface area (Å²) in [6.45, 7) is 7.32. The lowest BCUT2D eigenvalue weighted by Gasteiger charge is -2.31. The Kier molecular flexibility index (Phi) is 9.62. The van der Waals surface area contributed by atoms with E-state index in [1.54, 1.807) is 19.2 Å². The van der Waals surface area contributed by atoms with Gasteiger partial charge in [0.15, 0.2) is 0 Å². The SMILES string of the molecule is Cc1cc(C)c(-c2ccn([C@H](C)C3=CC=CC3P(c3cc(C(F)(F)F)cc(C(F)(F)F)c3)c3cc(C(F)(F)F)cc(C(F)(F)F)c3)n2)c(C)c1. The number of allylic oxidation sites excluding steroid dienone is 4. The summed E-state index contributed by atoms with van der Waals surface area (Å²) in [5.74, 6) is 0. The number of nitrogens with zero attached hydrogens (tertiary/aromatic N) is 2. The third-order valence-corrected chi connectivity index (χ3v) is 11.0. The van der Waals surface area contributed by atoms with E-state index in [1.807, 2.05) is 32.9 Å². The minimum Gasteiger partial charge on any atom is -0.265 e. The molecule has 1 aromatic heterocycles. The Morgan fingerprint density at radius 2 is 1.06 bits per heavy atom. The molecule has 3 aromatic carbocycles. The van der Waals surface area contributed by atoms with Crippen LogP contribution >= 0.6 is 7.92 Å². The lowest BCUT2D eigenvalue weighted by atomic mass is 9.98. The number of hydrogen-bond donors (Lipinski definition) is 0. The quantitative estimate of drug-likeness (QED) is 0.142. The molecule has 0 fully saturated rings. The fraction of sp³-hybridized carbons (Fsp3) is 0.286. The maximum absolute atomic E-state index is 14.0. The van der Waals surface area contributed by atoms with Gasteiger partial charge in [0, 0.05) is 17.4 Å². The van der Waals surface area contributed by atoms with Gasteiger partial charge in [-0.2, -0.15) is 57.8 Å². The van der Waals surface area contributed by atoms with E-state index in [1.165, 1.54) is 22.9 Å². The Labute approximate surface area is 279 Å². The molecule has 2 nitrogen and oxygen atoms in total. The zero-order valence-corrected chi connectivity index (χ0v) is 27.4. The number of aromatic nitrogens is 2. The van der Waals surface area contributed by atoms with Crippen molar-refractivity contribution in [1.82, 2.24) is 9.78 Å². The standard InChI is InChI=1S/C35H27F12N2P/c1-18-10-19(2)31(20(3)11-18)29-8-9-49(48-29)21(4)28-6-5-7-30(28)50(26-14-22(32(36,37)38)12-23(15-26)33(39,40)41)27-16-24(34(42,43)44)13-25(17-27)35(45,46)47/h5-17,21,30H,1-4H3/t21-,30?/m1/s1. The van der Waals surface area contributed by atoms with Crippen molar-refractivity contribution in [2.45, 2.75) is 64.1 Å². The number of benzene rings is 3. The minimum absolute atomic E-state index is 0.144. The van der Waals surface area contributed by atoms with Gasteiger partial charge in [-0.05, 0) is 105 Å². The van der Waals surface area contributed by atoms with Gasteiger partial charge in [0.05, 0.1) is 34.0 Å². The van der Waals surface area contributed by atoms with E-state index in [9.17, 15) is 52.7 Å². The van der Waals surface area contributed by atoms with Crippen molar-refractivity contribution in [3.8, 4) is 11.3 Å². The first-order chi connectivity index (χ1) is 22.9. The maximum atomic E-state index is 14.0. The second-order valence-electron chi connectivity index (χ2n) is 12.0. The predicted octanol–water partition coefficient (Wildman–Crippen LogP) is 11.1. The Balaban J connectivity index is 1.71. The molecule has 1 aliphatic carbocycles. The van der Waals surface area contributed by atoms with Crippen molar-refractivity contribution in [2.75, 3.05) is 0 Å². The molecule has 5 rings (SSSR count). The molecule has 0 bridgehead atoms. The number of hydrogen-bond acceptors (Lipinski definition) is 1. The van der Waals surface area contributed by atoms with Crippen LogP contribution in [-0.4, -0.2) is 15.4 Å². The highest BCUT2D eigenvalue weighted by Crippen LogP contribution is 2.51. The Morgan fingerprint density at radius 1 is 0.640 bits per heavy atom. The van der Waals surface area contributed by atoms with E-state index in [0.29, 0.717) is 35.5 Å². The third kappa shape index (κ3) is 7.65. The van der Waals surface area contributed by atoms with Gasteiger partial charge in [-0.15, -0.1) is 0 Å². The number of rotatable bonds is 6. The molecule has 2 atom stereocenters. The zero-order valence-electron chi connectivity index (χ0n) is 26.5. The van der Waals surface area contributed by atoms with Gasteiger partial charge in [-0.25, -0.2) is 0 Å². The van der Waals surface area contributed by atoms with Crippen molar-refractivity contribution in [3.63, 3.8) is 0 Å². The molecule has 1 aliphatic rings. The van der Waals surface area contributed by atoms with Gasteiger partial charge in [-0.1, -0.05) is 35.9 Å². The molecule has 0 radical (unpaired) electrons. The summed E-state index contributed by atoms with van der Waals surface area (Å²) in [7, 11) is -2.81. The molecule has 1 unspecified atom stereocenters. The van der Waals surface area contributed by atoms with Gasteiger partial charge < -0.3 is 0 Å². The minimum atomic E-state index is -5.32. The summed E-state index contributed by atoms with van der Waals surface area (Å²) in [4.78, 5) is 0. The first kappa shape index (κ1) is 37.2. The van der Waals surface area contributed by atoms with Crippen LogP contribution in [0.15, 0.2) is 84.6 Å². The summed E-state index contributed by atoms with van der Waals surface area (Å²) >= 11 is 0. The van der Waals surface area contributed by atoms with E-state index in [2.05, 4.69) is 5.10 Å². The molecule has 0 N–H and O–H groups in total. The summed E-state index contributed by atoms with van der Waals surface area (Å²) in [5, 5.41) is 3.24.